The van der Waals surface area contributed by atoms with E-state index in [2.05, 4.69) is 51.3 Å². The Morgan fingerprint density at radius 1 is 1.38 bits per heavy atom. The predicted molar refractivity (Wildman–Crippen MR) is 115 cm³/mol. The molecule has 154 valence electrons. The van der Waals surface area contributed by atoms with Crippen molar-refractivity contribution in [3.63, 3.8) is 0 Å². The van der Waals surface area contributed by atoms with Crippen LogP contribution in [0.25, 0.3) is 0 Å². The molecule has 29 heavy (non-hydrogen) atoms. The molecule has 0 radical (unpaired) electrons. The van der Waals surface area contributed by atoms with Crippen molar-refractivity contribution >= 4 is 29.4 Å². The zero-order valence-electron chi connectivity index (χ0n) is 17.1. The number of carbonyl (C=O) groups is 1. The largest absolute Gasteiger partial charge is 0.399 e. The number of carbonyl (C=O) groups excluding carboxylic acids is 1. The second kappa shape index (κ2) is 9.36. The summed E-state index contributed by atoms with van der Waals surface area (Å²) in [5, 5.41) is 6.79. The lowest BCUT2D eigenvalue weighted by atomic mass is 10.0. The second-order valence-corrected chi connectivity index (χ2v) is 7.54. The highest BCUT2D eigenvalue weighted by Crippen LogP contribution is 2.28. The lowest BCUT2D eigenvalue weighted by Gasteiger charge is -2.19. The molecule has 1 unspecified atom stereocenters. The number of anilines is 3. The van der Waals surface area contributed by atoms with Gasteiger partial charge < -0.3 is 20.8 Å². The maximum absolute atomic E-state index is 12.5. The van der Waals surface area contributed by atoms with Gasteiger partial charge in [-0.3, -0.25) is 4.79 Å². The maximum atomic E-state index is 12.5. The van der Waals surface area contributed by atoms with Gasteiger partial charge in [0.25, 0.3) is 0 Å². The Bertz CT molecular complexity index is 866. The summed E-state index contributed by atoms with van der Waals surface area (Å²) >= 11 is 0. The van der Waals surface area contributed by atoms with Gasteiger partial charge in [-0.2, -0.15) is 0 Å². The second-order valence-electron chi connectivity index (χ2n) is 7.54. The Morgan fingerprint density at radius 2 is 2.14 bits per heavy atom. The van der Waals surface area contributed by atoms with Crippen molar-refractivity contribution in [2.75, 3.05) is 36.1 Å². The summed E-state index contributed by atoms with van der Waals surface area (Å²) in [6.07, 6.45) is 4.33. The number of benzene rings is 1. The van der Waals surface area contributed by atoms with E-state index < -0.39 is 0 Å². The SMILES string of the molecule is CO/N=C/c1c(N)ncnc1N1CCC(CC(=O)Nc2ccc(C(C)C)cc2)C1. The van der Waals surface area contributed by atoms with Crippen LogP contribution >= 0.6 is 0 Å². The van der Waals surface area contributed by atoms with Gasteiger partial charge in [-0.05, 0) is 36.0 Å². The standard InChI is InChI=1S/C21H28N6O2/c1-14(2)16-4-6-17(7-5-16)26-19(28)10-15-8-9-27(12-15)21-18(11-25-29-3)20(22)23-13-24-21/h4-7,11,13-15H,8-10,12H2,1-3H3,(H,26,28)(H2,22,23,24)/b25-11+. The average molecular weight is 396 g/mol. The monoisotopic (exact) mass is 396 g/mol. The molecule has 1 fully saturated rings. The number of rotatable bonds is 7. The summed E-state index contributed by atoms with van der Waals surface area (Å²) in [6.45, 7) is 5.82. The first-order valence-corrected chi connectivity index (χ1v) is 9.79. The van der Waals surface area contributed by atoms with Crippen LogP contribution in [-0.4, -0.2) is 42.3 Å². The van der Waals surface area contributed by atoms with Gasteiger partial charge in [-0.15, -0.1) is 0 Å². The molecule has 8 nitrogen and oxygen atoms in total. The number of nitrogens with one attached hydrogen (secondary N) is 1. The van der Waals surface area contributed by atoms with Crippen molar-refractivity contribution in [3.8, 4) is 0 Å². The molecule has 1 saturated heterocycles. The molecule has 1 aromatic heterocycles. The number of amides is 1. The van der Waals surface area contributed by atoms with Crippen LogP contribution in [0.4, 0.5) is 17.3 Å². The van der Waals surface area contributed by atoms with E-state index in [0.717, 1.165) is 25.2 Å². The molecule has 1 aromatic carbocycles. The van der Waals surface area contributed by atoms with Gasteiger partial charge >= 0.3 is 0 Å². The van der Waals surface area contributed by atoms with Crippen molar-refractivity contribution in [1.82, 2.24) is 9.97 Å². The third-order valence-corrected chi connectivity index (χ3v) is 5.10. The molecule has 0 saturated carbocycles. The Kier molecular flexibility index (Phi) is 6.64. The van der Waals surface area contributed by atoms with E-state index in [9.17, 15) is 4.79 Å². The van der Waals surface area contributed by atoms with Crippen LogP contribution in [0, 0.1) is 5.92 Å². The fraction of sp³-hybridized carbons (Fsp3) is 0.429. The summed E-state index contributed by atoms with van der Waals surface area (Å²) < 4.78 is 0. The summed E-state index contributed by atoms with van der Waals surface area (Å²) in [6, 6.07) is 8.03. The van der Waals surface area contributed by atoms with Crippen LogP contribution < -0.4 is 16.0 Å². The fourth-order valence-electron chi connectivity index (χ4n) is 3.50. The first-order chi connectivity index (χ1) is 14.0. The zero-order chi connectivity index (χ0) is 20.8. The van der Waals surface area contributed by atoms with Gasteiger partial charge in [0.1, 0.15) is 25.1 Å². The van der Waals surface area contributed by atoms with Crippen molar-refractivity contribution in [3.05, 3.63) is 41.7 Å². The van der Waals surface area contributed by atoms with E-state index in [0.29, 0.717) is 29.5 Å². The van der Waals surface area contributed by atoms with E-state index in [1.807, 2.05) is 12.1 Å². The summed E-state index contributed by atoms with van der Waals surface area (Å²) in [5.74, 6) is 1.80. The molecule has 1 aliphatic heterocycles. The highest BCUT2D eigenvalue weighted by atomic mass is 16.6. The summed E-state index contributed by atoms with van der Waals surface area (Å²) in [7, 11) is 1.47. The number of nitrogen functional groups attached to an aromatic ring is 1. The smallest absolute Gasteiger partial charge is 0.224 e. The number of aromatic nitrogens is 2. The number of nitrogens with zero attached hydrogens (tertiary/aromatic N) is 4. The van der Waals surface area contributed by atoms with Crippen molar-refractivity contribution in [2.24, 2.45) is 11.1 Å². The molecule has 0 spiro atoms. The number of hydrogen-bond donors (Lipinski definition) is 2. The van der Waals surface area contributed by atoms with E-state index >= 15 is 0 Å². The molecule has 3 N–H and O–H groups in total. The van der Waals surface area contributed by atoms with Crippen molar-refractivity contribution in [2.45, 2.75) is 32.6 Å². The van der Waals surface area contributed by atoms with Crippen LogP contribution in [0.2, 0.25) is 0 Å². The first-order valence-electron chi connectivity index (χ1n) is 9.79. The van der Waals surface area contributed by atoms with E-state index in [4.69, 9.17) is 10.6 Å². The van der Waals surface area contributed by atoms with Gasteiger partial charge in [0.15, 0.2) is 0 Å². The zero-order valence-corrected chi connectivity index (χ0v) is 17.1. The van der Waals surface area contributed by atoms with E-state index in [1.54, 1.807) is 0 Å². The van der Waals surface area contributed by atoms with Crippen LogP contribution in [-0.2, 0) is 9.63 Å². The van der Waals surface area contributed by atoms with Gasteiger partial charge in [0, 0.05) is 25.2 Å². The molecule has 2 heterocycles. The lowest BCUT2D eigenvalue weighted by molar-refractivity contribution is -0.116. The van der Waals surface area contributed by atoms with E-state index in [1.165, 1.54) is 25.2 Å². The highest BCUT2D eigenvalue weighted by Gasteiger charge is 2.27. The number of hydrogen-bond acceptors (Lipinski definition) is 7. The molecule has 1 atom stereocenters. The number of oxime groups is 1. The lowest BCUT2D eigenvalue weighted by Crippen LogP contribution is -2.24. The Hall–Kier alpha value is -3.16. The number of nitrogens with two attached hydrogens (primary N) is 1. The van der Waals surface area contributed by atoms with Crippen LogP contribution in [0.5, 0.6) is 0 Å². The Balaban J connectivity index is 1.59. The van der Waals surface area contributed by atoms with Crippen LogP contribution in [0.15, 0.2) is 35.7 Å². The maximum Gasteiger partial charge on any atom is 0.224 e. The molecule has 0 bridgehead atoms. The fourth-order valence-corrected chi connectivity index (χ4v) is 3.50. The molecule has 0 aliphatic carbocycles. The first kappa shape index (κ1) is 20.6. The predicted octanol–water partition coefficient (Wildman–Crippen LogP) is 3.02. The molecule has 3 rings (SSSR count). The topological polar surface area (TPSA) is 106 Å². The molecule has 2 aromatic rings. The van der Waals surface area contributed by atoms with Gasteiger partial charge in [0.2, 0.25) is 5.91 Å². The molecular formula is C21H28N6O2. The minimum absolute atomic E-state index is 0.0255. The van der Waals surface area contributed by atoms with Gasteiger partial charge in [-0.25, -0.2) is 9.97 Å². The van der Waals surface area contributed by atoms with Crippen LogP contribution in [0.1, 0.15) is 43.7 Å². The van der Waals surface area contributed by atoms with Crippen LogP contribution in [0.3, 0.4) is 0 Å². The molecule has 1 amide bonds. The highest BCUT2D eigenvalue weighted by molar-refractivity contribution is 5.92. The molecule has 1 aliphatic rings. The van der Waals surface area contributed by atoms with Gasteiger partial charge in [0.05, 0.1) is 11.8 Å². The minimum atomic E-state index is 0.0255. The Morgan fingerprint density at radius 3 is 2.83 bits per heavy atom. The van der Waals surface area contributed by atoms with Gasteiger partial charge in [-0.1, -0.05) is 31.1 Å². The molecular weight excluding hydrogens is 368 g/mol. The normalized spacial score (nSPS) is 16.6. The molecule has 8 heteroatoms. The van der Waals surface area contributed by atoms with Crippen molar-refractivity contribution in [1.29, 1.82) is 0 Å². The Labute approximate surface area is 171 Å². The average Bonchev–Trinajstić information content (AvgIpc) is 3.15. The summed E-state index contributed by atoms with van der Waals surface area (Å²) in [4.78, 5) is 27.7. The third-order valence-electron chi connectivity index (χ3n) is 5.10. The minimum Gasteiger partial charge on any atom is -0.399 e. The van der Waals surface area contributed by atoms with E-state index in [-0.39, 0.29) is 11.8 Å². The van der Waals surface area contributed by atoms with Crippen molar-refractivity contribution < 1.29 is 9.63 Å². The quantitative estimate of drug-likeness (QED) is 0.550. The third kappa shape index (κ3) is 5.22. The summed E-state index contributed by atoms with van der Waals surface area (Å²) in [5.41, 5.74) is 8.69.